The number of halogens is 2. The molecule has 0 spiro atoms. The lowest BCUT2D eigenvalue weighted by molar-refractivity contribution is 0.0667. The number of likely N-dealkylation sites (tertiary alicyclic amines) is 1. The van der Waals surface area contributed by atoms with Crippen LogP contribution in [0.2, 0.25) is 5.02 Å². The van der Waals surface area contributed by atoms with E-state index in [1.54, 1.807) is 46.0 Å². The third-order valence-electron chi connectivity index (χ3n) is 4.79. The molecule has 27 heavy (non-hydrogen) atoms. The molecule has 8 heteroatoms. The van der Waals surface area contributed by atoms with Crippen LogP contribution in [0.3, 0.4) is 0 Å². The van der Waals surface area contributed by atoms with Crippen LogP contribution in [-0.4, -0.2) is 39.6 Å². The number of amides is 1. The van der Waals surface area contributed by atoms with Gasteiger partial charge in [-0.1, -0.05) is 11.6 Å². The number of fused-ring (bicyclic) bond motifs is 1. The number of pyridine rings is 1. The maximum atomic E-state index is 13.3. The number of benzene rings is 1. The smallest absolute Gasteiger partial charge is 0.255 e. The van der Waals surface area contributed by atoms with E-state index in [0.717, 1.165) is 5.69 Å². The molecule has 0 radical (unpaired) electrons. The summed E-state index contributed by atoms with van der Waals surface area (Å²) in [5.41, 5.74) is 2.14. The number of aromatic nitrogens is 2. The molecule has 1 amide bonds. The lowest BCUT2D eigenvalue weighted by atomic mass is 10.1. The maximum absolute atomic E-state index is 13.3. The largest absolute Gasteiger partial charge is 0.338 e. The van der Waals surface area contributed by atoms with E-state index in [9.17, 15) is 14.1 Å². The molecule has 0 unspecified atom stereocenters. The maximum Gasteiger partial charge on any atom is 0.255 e. The minimum absolute atomic E-state index is 0.165. The van der Waals surface area contributed by atoms with Gasteiger partial charge in [-0.05, 0) is 48.4 Å². The van der Waals surface area contributed by atoms with Crippen molar-refractivity contribution in [1.82, 2.24) is 14.5 Å². The van der Waals surface area contributed by atoms with Gasteiger partial charge in [0.15, 0.2) is 0 Å². The van der Waals surface area contributed by atoms with Crippen molar-refractivity contribution in [2.24, 2.45) is 5.18 Å². The summed E-state index contributed by atoms with van der Waals surface area (Å²) >= 11 is 6.36. The fourth-order valence-electron chi connectivity index (χ4n) is 3.29. The molecule has 2 aromatic heterocycles. The second-order valence-corrected chi connectivity index (χ2v) is 6.92. The molecule has 0 aliphatic carbocycles. The Hall–Kier alpha value is -2.80. The predicted molar refractivity (Wildman–Crippen MR) is 102 cm³/mol. The highest BCUT2D eigenvalue weighted by molar-refractivity contribution is 6.35. The van der Waals surface area contributed by atoms with Crippen molar-refractivity contribution in [1.29, 1.82) is 0 Å². The fourth-order valence-corrected chi connectivity index (χ4v) is 3.53. The number of carbonyl (C=O) groups excluding carboxylic acids is 1. The Morgan fingerprint density at radius 3 is 2.59 bits per heavy atom. The van der Waals surface area contributed by atoms with Gasteiger partial charge in [0, 0.05) is 36.6 Å². The number of piperidine rings is 1. The number of rotatable bonds is 3. The molecule has 0 atom stereocenters. The van der Waals surface area contributed by atoms with E-state index >= 15 is 0 Å². The molecular formula is C19H16ClFN4O2. The van der Waals surface area contributed by atoms with E-state index in [2.05, 4.69) is 10.2 Å². The summed E-state index contributed by atoms with van der Waals surface area (Å²) in [5.74, 6) is -0.165. The summed E-state index contributed by atoms with van der Waals surface area (Å²) in [4.78, 5) is 29.3. The Kier molecular flexibility index (Phi) is 4.61. The Labute approximate surface area is 159 Å². The summed E-state index contributed by atoms with van der Waals surface area (Å²) < 4.78 is 15.1. The van der Waals surface area contributed by atoms with Gasteiger partial charge in [-0.3, -0.25) is 9.36 Å². The molecule has 1 aromatic carbocycles. The predicted octanol–water partition coefficient (Wildman–Crippen LogP) is 4.65. The quantitative estimate of drug-likeness (QED) is 0.615. The Balaban J connectivity index is 1.68. The van der Waals surface area contributed by atoms with Crippen molar-refractivity contribution in [2.45, 2.75) is 19.0 Å². The molecule has 138 valence electrons. The molecule has 1 fully saturated rings. The Bertz CT molecular complexity index is 1010. The second-order valence-electron chi connectivity index (χ2n) is 6.52. The van der Waals surface area contributed by atoms with Gasteiger partial charge in [-0.25, -0.2) is 9.37 Å². The highest BCUT2D eigenvalue weighted by Crippen LogP contribution is 2.29. The van der Waals surface area contributed by atoms with Gasteiger partial charge in [-0.2, -0.15) is 0 Å². The van der Waals surface area contributed by atoms with E-state index in [1.165, 1.54) is 6.20 Å². The third kappa shape index (κ3) is 3.30. The highest BCUT2D eigenvalue weighted by Gasteiger charge is 2.24. The lowest BCUT2D eigenvalue weighted by Gasteiger charge is -2.28. The van der Waals surface area contributed by atoms with E-state index < -0.39 is 6.17 Å². The van der Waals surface area contributed by atoms with Crippen molar-refractivity contribution in [2.75, 3.05) is 13.1 Å². The number of carbonyl (C=O) groups is 1. The van der Waals surface area contributed by atoms with Gasteiger partial charge in [0.05, 0.1) is 10.6 Å². The summed E-state index contributed by atoms with van der Waals surface area (Å²) in [6, 6.07) is 8.41. The topological polar surface area (TPSA) is 67.6 Å². The molecular weight excluding hydrogens is 371 g/mol. The van der Waals surface area contributed by atoms with Crippen LogP contribution in [0.25, 0.3) is 16.7 Å². The molecule has 3 heterocycles. The standard InChI is InChI=1S/C19H16ClFN4O2/c20-17-11-25(15-3-1-14(23-27)2-4-15)18-16(17)9-12(10-22-18)19(26)24-7-5-13(21)6-8-24/h1-4,9-11,13H,5-8H2. The molecule has 0 N–H and O–H groups in total. The molecule has 0 saturated carbocycles. The first-order chi connectivity index (χ1) is 13.1. The van der Waals surface area contributed by atoms with Gasteiger partial charge in [-0.15, -0.1) is 4.91 Å². The first kappa shape index (κ1) is 17.6. The van der Waals surface area contributed by atoms with Crippen molar-refractivity contribution in [3.8, 4) is 5.69 Å². The average molecular weight is 387 g/mol. The SMILES string of the molecule is O=Nc1ccc(-n2cc(Cl)c3cc(C(=O)N4CCC(F)CC4)cnc32)cc1. The Morgan fingerprint density at radius 1 is 1.22 bits per heavy atom. The molecule has 3 aromatic rings. The van der Waals surface area contributed by atoms with Crippen LogP contribution in [0.1, 0.15) is 23.2 Å². The fraction of sp³-hybridized carbons (Fsp3) is 0.263. The molecule has 0 bridgehead atoms. The summed E-state index contributed by atoms with van der Waals surface area (Å²) in [5, 5.41) is 4.00. The van der Waals surface area contributed by atoms with Crippen LogP contribution in [-0.2, 0) is 0 Å². The number of alkyl halides is 1. The zero-order valence-corrected chi connectivity index (χ0v) is 15.1. The molecule has 1 aliphatic heterocycles. The first-order valence-electron chi connectivity index (χ1n) is 8.60. The van der Waals surface area contributed by atoms with E-state index in [-0.39, 0.29) is 5.91 Å². The van der Waals surface area contributed by atoms with Crippen LogP contribution >= 0.6 is 11.6 Å². The van der Waals surface area contributed by atoms with Crippen LogP contribution in [0.15, 0.2) is 47.9 Å². The first-order valence-corrected chi connectivity index (χ1v) is 8.98. The summed E-state index contributed by atoms with van der Waals surface area (Å²) in [6.07, 6.45) is 3.12. The lowest BCUT2D eigenvalue weighted by Crippen LogP contribution is -2.39. The summed E-state index contributed by atoms with van der Waals surface area (Å²) in [7, 11) is 0. The van der Waals surface area contributed by atoms with Crippen molar-refractivity contribution >= 4 is 34.2 Å². The van der Waals surface area contributed by atoms with Crippen molar-refractivity contribution < 1.29 is 9.18 Å². The highest BCUT2D eigenvalue weighted by atomic mass is 35.5. The van der Waals surface area contributed by atoms with Crippen LogP contribution in [0.5, 0.6) is 0 Å². The zero-order chi connectivity index (χ0) is 19.0. The second kappa shape index (κ2) is 7.08. The normalized spacial score (nSPS) is 15.3. The van der Waals surface area contributed by atoms with Crippen LogP contribution in [0.4, 0.5) is 10.1 Å². The molecule has 1 aliphatic rings. The minimum atomic E-state index is -0.834. The van der Waals surface area contributed by atoms with Gasteiger partial charge in [0.25, 0.3) is 5.91 Å². The minimum Gasteiger partial charge on any atom is -0.338 e. The van der Waals surface area contributed by atoms with E-state index in [1.807, 2.05) is 0 Å². The number of hydrogen-bond donors (Lipinski definition) is 0. The Morgan fingerprint density at radius 2 is 1.93 bits per heavy atom. The van der Waals surface area contributed by atoms with Gasteiger partial charge in [0.2, 0.25) is 0 Å². The monoisotopic (exact) mass is 386 g/mol. The third-order valence-corrected chi connectivity index (χ3v) is 5.09. The van der Waals surface area contributed by atoms with Gasteiger partial charge < -0.3 is 4.90 Å². The van der Waals surface area contributed by atoms with E-state index in [0.29, 0.717) is 53.2 Å². The number of nitrogens with zero attached hydrogens (tertiary/aromatic N) is 4. The van der Waals surface area contributed by atoms with E-state index in [4.69, 9.17) is 11.6 Å². The molecule has 1 saturated heterocycles. The van der Waals surface area contributed by atoms with Crippen LogP contribution < -0.4 is 0 Å². The van der Waals surface area contributed by atoms with Crippen LogP contribution in [0, 0.1) is 4.91 Å². The number of nitroso groups, excluding NO2 is 1. The number of hydrogen-bond acceptors (Lipinski definition) is 4. The van der Waals surface area contributed by atoms with Crippen molar-refractivity contribution in [3.63, 3.8) is 0 Å². The molecule has 4 rings (SSSR count). The average Bonchev–Trinajstić information content (AvgIpc) is 3.04. The van der Waals surface area contributed by atoms with Gasteiger partial charge >= 0.3 is 0 Å². The van der Waals surface area contributed by atoms with Gasteiger partial charge in [0.1, 0.15) is 17.5 Å². The molecule has 6 nitrogen and oxygen atoms in total. The summed E-state index contributed by atoms with van der Waals surface area (Å²) in [6.45, 7) is 0.813. The van der Waals surface area contributed by atoms with Crippen molar-refractivity contribution in [3.05, 3.63) is 58.2 Å². The zero-order valence-electron chi connectivity index (χ0n) is 14.3.